The molecule has 214 valence electrons. The molecule has 40 heavy (non-hydrogen) atoms. The lowest BCUT2D eigenvalue weighted by Crippen LogP contribution is -2.53. The van der Waals surface area contributed by atoms with Crippen molar-refractivity contribution < 1.29 is 27.5 Å². The predicted molar refractivity (Wildman–Crippen MR) is 156 cm³/mol. The number of carbonyl (C=O) groups is 2. The Hall–Kier alpha value is -3.76. The van der Waals surface area contributed by atoms with Gasteiger partial charge in [0.1, 0.15) is 24.1 Å². The normalized spacial score (nSPS) is 11.8. The van der Waals surface area contributed by atoms with Crippen LogP contribution in [0.1, 0.15) is 18.1 Å². The van der Waals surface area contributed by atoms with E-state index in [9.17, 15) is 18.0 Å². The van der Waals surface area contributed by atoms with Crippen molar-refractivity contribution in [1.29, 1.82) is 0 Å². The van der Waals surface area contributed by atoms with Gasteiger partial charge in [-0.15, -0.1) is 0 Å². The number of nitrogens with zero attached hydrogens (tertiary/aromatic N) is 2. The van der Waals surface area contributed by atoms with Crippen LogP contribution in [0.4, 0.5) is 5.69 Å². The third-order valence-corrected chi connectivity index (χ3v) is 7.56. The largest absolute Gasteiger partial charge is 0.497 e. The maximum atomic E-state index is 14.1. The van der Waals surface area contributed by atoms with Crippen molar-refractivity contribution in [3.05, 3.63) is 88.9 Å². The first-order valence-corrected chi connectivity index (χ1v) is 14.8. The maximum Gasteiger partial charge on any atom is 0.244 e. The second kappa shape index (κ2) is 14.0. The summed E-state index contributed by atoms with van der Waals surface area (Å²) in [6.07, 6.45) is 1.22. The van der Waals surface area contributed by atoms with E-state index in [1.165, 1.54) is 31.3 Å². The van der Waals surface area contributed by atoms with E-state index >= 15 is 0 Å². The summed E-state index contributed by atoms with van der Waals surface area (Å²) < 4.78 is 37.6. The first-order chi connectivity index (χ1) is 19.1. The predicted octanol–water partition coefficient (Wildman–Crippen LogP) is 3.90. The van der Waals surface area contributed by atoms with Crippen molar-refractivity contribution in [2.45, 2.75) is 25.9 Å². The molecule has 0 fully saturated rings. The summed E-state index contributed by atoms with van der Waals surface area (Å²) >= 11 is 6.18. The maximum absolute atomic E-state index is 14.1. The van der Waals surface area contributed by atoms with Crippen LogP contribution in [-0.4, -0.2) is 64.7 Å². The molecule has 0 aromatic heterocycles. The van der Waals surface area contributed by atoms with Crippen molar-refractivity contribution in [2.24, 2.45) is 0 Å². The van der Waals surface area contributed by atoms with Gasteiger partial charge in [-0.1, -0.05) is 54.1 Å². The van der Waals surface area contributed by atoms with Gasteiger partial charge in [0.25, 0.3) is 0 Å². The number of anilines is 1. The molecule has 0 saturated heterocycles. The fourth-order valence-electron chi connectivity index (χ4n) is 4.27. The molecule has 3 rings (SSSR count). The van der Waals surface area contributed by atoms with Gasteiger partial charge in [-0.3, -0.25) is 13.9 Å². The van der Waals surface area contributed by atoms with Gasteiger partial charge in [0.15, 0.2) is 0 Å². The molecule has 0 aliphatic heterocycles. The number of amides is 2. The molecule has 9 nitrogen and oxygen atoms in total. The topological polar surface area (TPSA) is 105 Å². The number of ether oxygens (including phenoxy) is 2. The Morgan fingerprint density at radius 2 is 1.65 bits per heavy atom. The van der Waals surface area contributed by atoms with Crippen LogP contribution in [0.25, 0.3) is 0 Å². The molecule has 3 aromatic rings. The molecule has 3 aromatic carbocycles. The van der Waals surface area contributed by atoms with Gasteiger partial charge >= 0.3 is 0 Å². The molecule has 1 atom stereocenters. The summed E-state index contributed by atoms with van der Waals surface area (Å²) in [6, 6.07) is 20.1. The summed E-state index contributed by atoms with van der Waals surface area (Å²) in [7, 11) is -1.03. The molecular weight excluding hydrogens is 554 g/mol. The highest BCUT2D eigenvalue weighted by Gasteiger charge is 2.33. The van der Waals surface area contributed by atoms with E-state index in [0.29, 0.717) is 17.9 Å². The molecule has 2 amide bonds. The lowest BCUT2D eigenvalue weighted by Gasteiger charge is -2.33. The Labute approximate surface area is 240 Å². The molecule has 0 radical (unpaired) electrons. The first kappa shape index (κ1) is 30.8. The molecule has 0 bridgehead atoms. The van der Waals surface area contributed by atoms with Crippen molar-refractivity contribution in [1.82, 2.24) is 10.2 Å². The lowest BCUT2D eigenvalue weighted by atomic mass is 10.0. The van der Waals surface area contributed by atoms with E-state index < -0.39 is 28.5 Å². The molecular formula is C29H34ClN3O6S. The SMILES string of the molecule is CCNC(=O)C(Cc1ccccc1)N(Cc1cccc(OC)c1)C(=O)CN(c1cc(Cl)ccc1OC)S(C)(=O)=O. The number of benzene rings is 3. The van der Waals surface area contributed by atoms with Gasteiger partial charge < -0.3 is 19.7 Å². The minimum Gasteiger partial charge on any atom is -0.497 e. The highest BCUT2D eigenvalue weighted by molar-refractivity contribution is 7.92. The Bertz CT molecular complexity index is 1420. The molecule has 11 heteroatoms. The van der Waals surface area contributed by atoms with E-state index in [4.69, 9.17) is 21.1 Å². The van der Waals surface area contributed by atoms with Crippen LogP contribution in [0.3, 0.4) is 0 Å². The quantitative estimate of drug-likeness (QED) is 0.325. The Morgan fingerprint density at radius 3 is 2.27 bits per heavy atom. The number of nitrogens with one attached hydrogen (secondary N) is 1. The smallest absolute Gasteiger partial charge is 0.244 e. The van der Waals surface area contributed by atoms with Crippen LogP contribution in [0.5, 0.6) is 11.5 Å². The minimum atomic E-state index is -3.97. The molecule has 1 N–H and O–H groups in total. The number of hydrogen-bond donors (Lipinski definition) is 1. The number of likely N-dealkylation sites (N-methyl/N-ethyl adjacent to an activating group) is 1. The third kappa shape index (κ3) is 8.12. The van der Waals surface area contributed by atoms with E-state index in [2.05, 4.69) is 5.32 Å². The number of hydrogen-bond acceptors (Lipinski definition) is 6. The van der Waals surface area contributed by atoms with Crippen molar-refractivity contribution >= 4 is 39.1 Å². The van der Waals surface area contributed by atoms with Gasteiger partial charge in [-0.25, -0.2) is 8.42 Å². The number of methoxy groups -OCH3 is 2. The van der Waals surface area contributed by atoms with Gasteiger partial charge in [0, 0.05) is 24.5 Å². The van der Waals surface area contributed by atoms with E-state index in [0.717, 1.165) is 16.1 Å². The van der Waals surface area contributed by atoms with Crippen LogP contribution < -0.4 is 19.1 Å². The van der Waals surface area contributed by atoms with E-state index in [1.807, 2.05) is 36.4 Å². The van der Waals surface area contributed by atoms with Crippen LogP contribution >= 0.6 is 11.6 Å². The van der Waals surface area contributed by atoms with Crippen LogP contribution in [0, 0.1) is 0 Å². The average molecular weight is 588 g/mol. The van der Waals surface area contributed by atoms with E-state index in [-0.39, 0.29) is 35.3 Å². The van der Waals surface area contributed by atoms with Gasteiger partial charge in [-0.2, -0.15) is 0 Å². The monoisotopic (exact) mass is 587 g/mol. The standard InChI is InChI=1S/C29H34ClN3O6S/c1-5-31-29(35)26(17-21-10-7-6-8-11-21)32(19-22-12-9-13-24(16-22)38-2)28(34)20-33(40(4,36)37)25-18-23(30)14-15-27(25)39-3/h6-16,18,26H,5,17,19-20H2,1-4H3,(H,31,35). The lowest BCUT2D eigenvalue weighted by molar-refractivity contribution is -0.140. The van der Waals surface area contributed by atoms with Crippen molar-refractivity contribution in [2.75, 3.05) is 37.9 Å². The number of carbonyl (C=O) groups excluding carboxylic acids is 2. The molecule has 0 heterocycles. The Balaban J connectivity index is 2.09. The Morgan fingerprint density at radius 1 is 0.950 bits per heavy atom. The van der Waals surface area contributed by atoms with Gasteiger partial charge in [-0.05, 0) is 48.4 Å². The summed E-state index contributed by atoms with van der Waals surface area (Å²) in [4.78, 5) is 28.9. The highest BCUT2D eigenvalue weighted by atomic mass is 35.5. The summed E-state index contributed by atoms with van der Waals surface area (Å²) in [5.41, 5.74) is 1.67. The second-order valence-corrected chi connectivity index (χ2v) is 11.4. The zero-order chi connectivity index (χ0) is 29.3. The third-order valence-electron chi connectivity index (χ3n) is 6.20. The molecule has 0 spiro atoms. The number of rotatable bonds is 13. The second-order valence-electron chi connectivity index (χ2n) is 9.06. The highest BCUT2D eigenvalue weighted by Crippen LogP contribution is 2.33. The molecule has 1 unspecified atom stereocenters. The van der Waals surface area contributed by atoms with Crippen LogP contribution in [0.2, 0.25) is 5.02 Å². The summed E-state index contributed by atoms with van der Waals surface area (Å²) in [6.45, 7) is 1.61. The van der Waals surface area contributed by atoms with E-state index in [1.54, 1.807) is 31.2 Å². The zero-order valence-corrected chi connectivity index (χ0v) is 24.5. The first-order valence-electron chi connectivity index (χ1n) is 12.6. The zero-order valence-electron chi connectivity index (χ0n) is 23.0. The van der Waals surface area contributed by atoms with Crippen molar-refractivity contribution in [3.63, 3.8) is 0 Å². The minimum absolute atomic E-state index is 0.0367. The number of sulfonamides is 1. The van der Waals surface area contributed by atoms with Crippen LogP contribution in [0.15, 0.2) is 72.8 Å². The molecule has 0 aliphatic carbocycles. The summed E-state index contributed by atoms with van der Waals surface area (Å²) in [5.74, 6) is -0.119. The fraction of sp³-hybridized carbons (Fsp3) is 0.310. The van der Waals surface area contributed by atoms with Crippen LogP contribution in [-0.2, 0) is 32.6 Å². The molecule has 0 saturated carbocycles. The number of halogens is 1. The molecule has 0 aliphatic rings. The summed E-state index contributed by atoms with van der Waals surface area (Å²) in [5, 5.41) is 3.10. The fourth-order valence-corrected chi connectivity index (χ4v) is 5.28. The Kier molecular flexibility index (Phi) is 10.8. The van der Waals surface area contributed by atoms with Gasteiger partial charge in [0.05, 0.1) is 26.2 Å². The van der Waals surface area contributed by atoms with Crippen molar-refractivity contribution in [3.8, 4) is 11.5 Å². The van der Waals surface area contributed by atoms with Gasteiger partial charge in [0.2, 0.25) is 21.8 Å². The average Bonchev–Trinajstić information content (AvgIpc) is 2.93.